The summed E-state index contributed by atoms with van der Waals surface area (Å²) in [7, 11) is 0. The third kappa shape index (κ3) is 2.84. The van der Waals surface area contributed by atoms with Crippen LogP contribution in [0, 0.1) is 3.57 Å². The van der Waals surface area contributed by atoms with Crippen molar-refractivity contribution in [1.29, 1.82) is 0 Å². The lowest BCUT2D eigenvalue weighted by molar-refractivity contribution is -0.119. The summed E-state index contributed by atoms with van der Waals surface area (Å²) in [6, 6.07) is 8.05. The molecule has 1 fully saturated rings. The number of halogens is 1. The number of carbonyl (C=O) groups excluding carboxylic acids is 1. The largest absolute Gasteiger partial charge is 0.490 e. The molecular formula is C11H12INO2. The molecule has 1 heterocycles. The molecule has 80 valence electrons. The molecule has 0 saturated carbocycles. The minimum Gasteiger partial charge on any atom is -0.490 e. The molecule has 1 amide bonds. The van der Waals surface area contributed by atoms with Gasteiger partial charge in [-0.2, -0.15) is 0 Å². The lowest BCUT2D eigenvalue weighted by atomic mass is 10.2. The monoisotopic (exact) mass is 317 g/mol. The van der Waals surface area contributed by atoms with Crippen molar-refractivity contribution in [2.45, 2.75) is 18.9 Å². The standard InChI is InChI=1S/C11H12INO2/c12-9-3-1-2-4-10(9)15-7-8-5-6-11(14)13-8/h1-4,8H,5-7H2,(H,13,14). The lowest BCUT2D eigenvalue weighted by Gasteiger charge is -2.12. The van der Waals surface area contributed by atoms with E-state index in [1.54, 1.807) is 0 Å². The number of carbonyl (C=O) groups is 1. The molecule has 0 bridgehead atoms. The number of hydrogen-bond donors (Lipinski definition) is 1. The third-order valence-corrected chi connectivity index (χ3v) is 3.25. The van der Waals surface area contributed by atoms with Gasteiger partial charge in [0, 0.05) is 6.42 Å². The van der Waals surface area contributed by atoms with Crippen LogP contribution < -0.4 is 10.1 Å². The van der Waals surface area contributed by atoms with E-state index in [-0.39, 0.29) is 11.9 Å². The Morgan fingerprint density at radius 3 is 2.93 bits per heavy atom. The first-order valence-corrected chi connectivity index (χ1v) is 6.00. The average Bonchev–Trinajstić information content (AvgIpc) is 2.63. The summed E-state index contributed by atoms with van der Waals surface area (Å²) in [5.41, 5.74) is 0. The Morgan fingerprint density at radius 1 is 1.47 bits per heavy atom. The summed E-state index contributed by atoms with van der Waals surface area (Å²) in [6.45, 7) is 0.561. The van der Waals surface area contributed by atoms with Gasteiger partial charge in [-0.3, -0.25) is 4.79 Å². The summed E-state index contributed by atoms with van der Waals surface area (Å²) < 4.78 is 6.74. The van der Waals surface area contributed by atoms with Crippen molar-refractivity contribution in [2.75, 3.05) is 6.61 Å². The quantitative estimate of drug-likeness (QED) is 0.866. The summed E-state index contributed by atoms with van der Waals surface area (Å²) in [5.74, 6) is 1.02. The van der Waals surface area contributed by atoms with E-state index in [4.69, 9.17) is 4.74 Å². The summed E-state index contributed by atoms with van der Waals surface area (Å²) in [4.78, 5) is 11.0. The van der Waals surface area contributed by atoms with E-state index >= 15 is 0 Å². The summed E-state index contributed by atoms with van der Waals surface area (Å²) >= 11 is 2.24. The van der Waals surface area contributed by atoms with Gasteiger partial charge in [-0.15, -0.1) is 0 Å². The highest BCUT2D eigenvalue weighted by molar-refractivity contribution is 14.1. The van der Waals surface area contributed by atoms with Gasteiger partial charge in [-0.25, -0.2) is 0 Å². The highest BCUT2D eigenvalue weighted by atomic mass is 127. The van der Waals surface area contributed by atoms with Crippen LogP contribution >= 0.6 is 22.6 Å². The van der Waals surface area contributed by atoms with E-state index in [0.29, 0.717) is 13.0 Å². The molecule has 1 aliphatic rings. The van der Waals surface area contributed by atoms with E-state index in [1.807, 2.05) is 24.3 Å². The molecule has 0 aliphatic carbocycles. The second kappa shape index (κ2) is 4.83. The van der Waals surface area contributed by atoms with Crippen LogP contribution in [0.5, 0.6) is 5.75 Å². The Kier molecular flexibility index (Phi) is 3.45. The molecule has 0 spiro atoms. The molecule has 1 aromatic carbocycles. The van der Waals surface area contributed by atoms with E-state index in [9.17, 15) is 4.79 Å². The predicted molar refractivity (Wildman–Crippen MR) is 65.8 cm³/mol. The van der Waals surface area contributed by atoms with Gasteiger partial charge in [0.1, 0.15) is 12.4 Å². The number of rotatable bonds is 3. The Bertz CT molecular complexity index is 367. The lowest BCUT2D eigenvalue weighted by Crippen LogP contribution is -2.30. The maximum atomic E-state index is 11.0. The Morgan fingerprint density at radius 2 is 2.27 bits per heavy atom. The molecule has 0 radical (unpaired) electrons. The Balaban J connectivity index is 1.88. The second-order valence-corrected chi connectivity index (χ2v) is 4.71. The fourth-order valence-corrected chi connectivity index (χ4v) is 2.10. The number of ether oxygens (including phenoxy) is 1. The van der Waals surface area contributed by atoms with E-state index in [0.717, 1.165) is 15.7 Å². The maximum absolute atomic E-state index is 11.0. The summed E-state index contributed by atoms with van der Waals surface area (Å²) in [5, 5.41) is 2.88. The molecule has 4 heteroatoms. The highest BCUT2D eigenvalue weighted by Gasteiger charge is 2.21. The molecule has 0 aromatic heterocycles. The molecule has 1 N–H and O–H groups in total. The van der Waals surface area contributed by atoms with Crippen LogP contribution in [0.2, 0.25) is 0 Å². The molecule has 15 heavy (non-hydrogen) atoms. The van der Waals surface area contributed by atoms with Gasteiger partial charge in [-0.05, 0) is 41.1 Å². The first kappa shape index (κ1) is 10.7. The summed E-state index contributed by atoms with van der Waals surface area (Å²) in [6.07, 6.45) is 1.50. The minimum absolute atomic E-state index is 0.131. The molecular weight excluding hydrogens is 305 g/mol. The van der Waals surface area contributed by atoms with E-state index in [2.05, 4.69) is 27.9 Å². The zero-order chi connectivity index (χ0) is 10.7. The fourth-order valence-electron chi connectivity index (χ4n) is 1.55. The molecule has 3 nitrogen and oxygen atoms in total. The molecule has 1 atom stereocenters. The van der Waals surface area contributed by atoms with Crippen molar-refractivity contribution in [3.8, 4) is 5.75 Å². The van der Waals surface area contributed by atoms with Crippen molar-refractivity contribution in [3.05, 3.63) is 27.8 Å². The van der Waals surface area contributed by atoms with Crippen LogP contribution in [0.25, 0.3) is 0 Å². The van der Waals surface area contributed by atoms with Crippen LogP contribution in [0.15, 0.2) is 24.3 Å². The van der Waals surface area contributed by atoms with Crippen molar-refractivity contribution >= 4 is 28.5 Å². The molecule has 1 unspecified atom stereocenters. The van der Waals surface area contributed by atoms with Gasteiger partial charge in [0.25, 0.3) is 0 Å². The number of nitrogens with one attached hydrogen (secondary N) is 1. The molecule has 2 rings (SSSR count). The van der Waals surface area contributed by atoms with Crippen LogP contribution in [0.3, 0.4) is 0 Å². The normalized spacial score (nSPS) is 20.1. The van der Waals surface area contributed by atoms with Crippen molar-refractivity contribution in [2.24, 2.45) is 0 Å². The van der Waals surface area contributed by atoms with Gasteiger partial charge in [0.2, 0.25) is 5.91 Å². The fraction of sp³-hybridized carbons (Fsp3) is 0.364. The van der Waals surface area contributed by atoms with E-state index < -0.39 is 0 Å². The SMILES string of the molecule is O=C1CCC(COc2ccccc2I)N1. The predicted octanol–water partition coefficient (Wildman–Crippen LogP) is 1.95. The van der Waals surface area contributed by atoms with E-state index in [1.165, 1.54) is 0 Å². The number of para-hydroxylation sites is 1. The van der Waals surface area contributed by atoms with Crippen LogP contribution in [-0.2, 0) is 4.79 Å². The van der Waals surface area contributed by atoms with Crippen LogP contribution in [0.4, 0.5) is 0 Å². The van der Waals surface area contributed by atoms with Crippen molar-refractivity contribution < 1.29 is 9.53 Å². The number of hydrogen-bond acceptors (Lipinski definition) is 2. The van der Waals surface area contributed by atoms with Crippen LogP contribution in [0.1, 0.15) is 12.8 Å². The smallest absolute Gasteiger partial charge is 0.220 e. The van der Waals surface area contributed by atoms with Gasteiger partial charge in [-0.1, -0.05) is 12.1 Å². The topological polar surface area (TPSA) is 38.3 Å². The number of amides is 1. The van der Waals surface area contributed by atoms with Gasteiger partial charge in [0.05, 0.1) is 9.61 Å². The first-order chi connectivity index (χ1) is 7.25. The van der Waals surface area contributed by atoms with Crippen molar-refractivity contribution in [3.63, 3.8) is 0 Å². The maximum Gasteiger partial charge on any atom is 0.220 e. The molecule has 1 saturated heterocycles. The Labute approximate surface area is 102 Å². The zero-order valence-corrected chi connectivity index (χ0v) is 10.4. The first-order valence-electron chi connectivity index (χ1n) is 4.92. The van der Waals surface area contributed by atoms with Gasteiger partial charge < -0.3 is 10.1 Å². The highest BCUT2D eigenvalue weighted by Crippen LogP contribution is 2.20. The van der Waals surface area contributed by atoms with Gasteiger partial charge in [0.15, 0.2) is 0 Å². The van der Waals surface area contributed by atoms with Gasteiger partial charge >= 0.3 is 0 Å². The van der Waals surface area contributed by atoms with Crippen LogP contribution in [-0.4, -0.2) is 18.6 Å². The molecule has 1 aromatic rings. The Hall–Kier alpha value is -0.780. The van der Waals surface area contributed by atoms with Crippen molar-refractivity contribution in [1.82, 2.24) is 5.32 Å². The third-order valence-electron chi connectivity index (χ3n) is 2.36. The second-order valence-electron chi connectivity index (χ2n) is 3.54. The zero-order valence-electron chi connectivity index (χ0n) is 8.20. The minimum atomic E-state index is 0.131. The molecule has 1 aliphatic heterocycles. The number of benzene rings is 1. The average molecular weight is 317 g/mol.